The molecule has 22 heavy (non-hydrogen) atoms. The minimum atomic E-state index is -1.38. The van der Waals surface area contributed by atoms with Gasteiger partial charge < -0.3 is 52.2 Å². The quantitative estimate of drug-likeness (QED) is 0.248. The van der Waals surface area contributed by atoms with E-state index in [1.807, 2.05) is 0 Å². The average molecular weight is 323 g/mol. The normalized spacial score (nSPS) is 53.5. The minimum Gasteiger partial charge on any atom is -0.394 e. The molecule has 0 aromatic carbocycles. The summed E-state index contributed by atoms with van der Waals surface area (Å²) in [6.45, 7) is -0.520. The number of rotatable bonds is 3. The highest BCUT2D eigenvalue weighted by molar-refractivity contribution is 4.99. The maximum Gasteiger partial charge on any atom is 0.186 e. The highest BCUT2D eigenvalue weighted by Gasteiger charge is 2.48. The highest BCUT2D eigenvalue weighted by Crippen LogP contribution is 2.27. The molecule has 1 saturated carbocycles. The molecule has 0 aromatic rings. The van der Waals surface area contributed by atoms with E-state index in [9.17, 15) is 20.4 Å². The molecule has 2 fully saturated rings. The van der Waals surface area contributed by atoms with Gasteiger partial charge in [0.05, 0.1) is 18.8 Å². The Morgan fingerprint density at radius 1 is 0.909 bits per heavy atom. The lowest BCUT2D eigenvalue weighted by Crippen LogP contribution is -2.67. The van der Waals surface area contributed by atoms with Gasteiger partial charge in [-0.3, -0.25) is 0 Å². The molecular formula is C12H25N3O7. The molecule has 130 valence electrons. The van der Waals surface area contributed by atoms with Crippen LogP contribution in [-0.4, -0.2) is 93.2 Å². The molecule has 2 aliphatic rings. The summed E-state index contributed by atoms with van der Waals surface area (Å²) >= 11 is 0. The molecule has 0 spiro atoms. The van der Waals surface area contributed by atoms with Crippen LogP contribution in [-0.2, 0) is 9.47 Å². The Hall–Kier alpha value is -0.400. The van der Waals surface area contributed by atoms with Gasteiger partial charge in [-0.15, -0.1) is 0 Å². The second-order valence-corrected chi connectivity index (χ2v) is 5.93. The molecule has 5 unspecified atom stereocenters. The van der Waals surface area contributed by atoms with Crippen LogP contribution in [0.5, 0.6) is 0 Å². The van der Waals surface area contributed by atoms with E-state index >= 15 is 0 Å². The van der Waals surface area contributed by atoms with Crippen molar-refractivity contribution in [3.8, 4) is 0 Å². The van der Waals surface area contributed by atoms with Crippen molar-refractivity contribution in [3.63, 3.8) is 0 Å². The summed E-state index contributed by atoms with van der Waals surface area (Å²) in [6, 6.07) is -2.46. The number of aliphatic hydroxyl groups is 5. The van der Waals surface area contributed by atoms with Gasteiger partial charge in [-0.25, -0.2) is 0 Å². The SMILES string of the molecule is NC1CC(N)[C@H](O[C@H]2O[C@H](CO)C(O)[C@H](N)C2O)C(O)[C@@H]1O. The van der Waals surface area contributed by atoms with Gasteiger partial charge in [-0.1, -0.05) is 0 Å². The Morgan fingerprint density at radius 3 is 2.14 bits per heavy atom. The fraction of sp³-hybridized carbons (Fsp3) is 1.00. The largest absolute Gasteiger partial charge is 0.394 e. The highest BCUT2D eigenvalue weighted by atomic mass is 16.7. The van der Waals surface area contributed by atoms with Crippen LogP contribution in [0.4, 0.5) is 0 Å². The van der Waals surface area contributed by atoms with E-state index in [0.717, 1.165) is 0 Å². The van der Waals surface area contributed by atoms with Crippen LogP contribution in [0.3, 0.4) is 0 Å². The van der Waals surface area contributed by atoms with Crippen LogP contribution in [0, 0.1) is 0 Å². The third-order valence-corrected chi connectivity index (χ3v) is 4.32. The fourth-order valence-corrected chi connectivity index (χ4v) is 2.85. The van der Waals surface area contributed by atoms with E-state index in [0.29, 0.717) is 0 Å². The van der Waals surface area contributed by atoms with Crippen molar-refractivity contribution in [2.24, 2.45) is 17.2 Å². The fourth-order valence-electron chi connectivity index (χ4n) is 2.85. The van der Waals surface area contributed by atoms with Crippen LogP contribution >= 0.6 is 0 Å². The third-order valence-electron chi connectivity index (χ3n) is 4.32. The molecule has 11 N–H and O–H groups in total. The Labute approximate surface area is 127 Å². The first kappa shape index (κ1) is 17.9. The van der Waals surface area contributed by atoms with E-state index in [1.54, 1.807) is 0 Å². The molecule has 0 aromatic heterocycles. The van der Waals surface area contributed by atoms with Gasteiger partial charge in [0.2, 0.25) is 0 Å². The number of hydrogen-bond acceptors (Lipinski definition) is 10. The monoisotopic (exact) mass is 323 g/mol. The average Bonchev–Trinajstić information content (AvgIpc) is 2.49. The number of hydrogen-bond donors (Lipinski definition) is 8. The van der Waals surface area contributed by atoms with E-state index < -0.39 is 67.6 Å². The lowest BCUT2D eigenvalue weighted by molar-refractivity contribution is -0.304. The zero-order valence-corrected chi connectivity index (χ0v) is 12.0. The number of nitrogens with two attached hydrogens (primary N) is 3. The lowest BCUT2D eigenvalue weighted by atomic mass is 9.84. The van der Waals surface area contributed by atoms with Gasteiger partial charge >= 0.3 is 0 Å². The van der Waals surface area contributed by atoms with Gasteiger partial charge in [0.1, 0.15) is 30.5 Å². The molecule has 10 nitrogen and oxygen atoms in total. The van der Waals surface area contributed by atoms with Crippen LogP contribution in [0.1, 0.15) is 6.42 Å². The van der Waals surface area contributed by atoms with Crippen LogP contribution in [0.2, 0.25) is 0 Å². The Balaban J connectivity index is 2.08. The van der Waals surface area contributed by atoms with Gasteiger partial charge in [-0.05, 0) is 6.42 Å². The summed E-state index contributed by atoms with van der Waals surface area (Å²) < 4.78 is 10.7. The minimum absolute atomic E-state index is 0.212. The molecule has 10 atom stereocenters. The zero-order valence-electron chi connectivity index (χ0n) is 12.0. The van der Waals surface area contributed by atoms with E-state index in [1.165, 1.54) is 0 Å². The second kappa shape index (κ2) is 7.01. The number of aliphatic hydroxyl groups excluding tert-OH is 5. The predicted molar refractivity (Wildman–Crippen MR) is 73.2 cm³/mol. The van der Waals surface area contributed by atoms with Crippen molar-refractivity contribution >= 4 is 0 Å². The van der Waals surface area contributed by atoms with Crippen LogP contribution < -0.4 is 17.2 Å². The Morgan fingerprint density at radius 2 is 1.55 bits per heavy atom. The van der Waals surface area contributed by atoms with Crippen molar-refractivity contribution in [1.82, 2.24) is 0 Å². The molecule has 1 aliphatic heterocycles. The summed E-state index contributed by atoms with van der Waals surface area (Å²) in [5.41, 5.74) is 17.2. The first-order valence-electron chi connectivity index (χ1n) is 7.18. The Bertz CT molecular complexity index is 375. The molecule has 0 radical (unpaired) electrons. The van der Waals surface area contributed by atoms with Crippen molar-refractivity contribution in [2.45, 2.75) is 67.5 Å². The van der Waals surface area contributed by atoms with Gasteiger partial charge in [0.15, 0.2) is 6.29 Å². The van der Waals surface area contributed by atoms with Crippen LogP contribution in [0.25, 0.3) is 0 Å². The summed E-state index contributed by atoms with van der Waals surface area (Å²) in [4.78, 5) is 0. The smallest absolute Gasteiger partial charge is 0.186 e. The van der Waals surface area contributed by atoms with E-state index in [2.05, 4.69) is 0 Å². The van der Waals surface area contributed by atoms with Crippen molar-refractivity contribution < 1.29 is 35.0 Å². The molecule has 0 bridgehead atoms. The second-order valence-electron chi connectivity index (χ2n) is 5.93. The number of ether oxygens (including phenoxy) is 2. The molecule has 10 heteroatoms. The molecule has 1 saturated heterocycles. The van der Waals surface area contributed by atoms with Crippen molar-refractivity contribution in [1.29, 1.82) is 0 Å². The predicted octanol–water partition coefficient (Wildman–Crippen LogP) is -5.08. The van der Waals surface area contributed by atoms with Crippen molar-refractivity contribution in [2.75, 3.05) is 6.61 Å². The lowest BCUT2D eigenvalue weighted by Gasteiger charge is -2.45. The molecular weight excluding hydrogens is 298 g/mol. The van der Waals surface area contributed by atoms with Gasteiger partial charge in [0.25, 0.3) is 0 Å². The van der Waals surface area contributed by atoms with Gasteiger partial charge in [-0.2, -0.15) is 0 Å². The first-order valence-corrected chi connectivity index (χ1v) is 7.18. The van der Waals surface area contributed by atoms with E-state index in [-0.39, 0.29) is 6.42 Å². The molecule has 0 amide bonds. The zero-order chi connectivity index (χ0) is 16.6. The summed E-state index contributed by atoms with van der Waals surface area (Å²) in [5.74, 6) is 0. The summed E-state index contributed by atoms with van der Waals surface area (Å²) in [5, 5.41) is 48.8. The third kappa shape index (κ3) is 3.26. The van der Waals surface area contributed by atoms with Gasteiger partial charge in [0, 0.05) is 12.1 Å². The molecule has 1 aliphatic carbocycles. The summed E-state index contributed by atoms with van der Waals surface area (Å²) in [6.07, 6.45) is -8.38. The first-order chi connectivity index (χ1) is 10.3. The Kier molecular flexibility index (Phi) is 5.72. The molecule has 2 rings (SSSR count). The van der Waals surface area contributed by atoms with E-state index in [4.69, 9.17) is 31.8 Å². The summed E-state index contributed by atoms with van der Waals surface area (Å²) in [7, 11) is 0. The standard InChI is InChI=1S/C12H25N3O7/c13-3-1-4(14)11(10(20)7(3)17)22-12-9(19)6(15)8(18)5(2-16)21-12/h3-12,16-20H,1-2,13-15H2/t3?,4?,5-,6+,7-,8?,9?,10?,11+,12-/m1/s1. The van der Waals surface area contributed by atoms with Crippen LogP contribution in [0.15, 0.2) is 0 Å². The maximum atomic E-state index is 10.0. The maximum absolute atomic E-state index is 10.0. The topological polar surface area (TPSA) is 198 Å². The molecule has 1 heterocycles. The van der Waals surface area contributed by atoms with Crippen molar-refractivity contribution in [3.05, 3.63) is 0 Å².